The fraction of sp³-hybridized carbons (Fsp3) is 0.350. The van der Waals surface area contributed by atoms with Crippen molar-refractivity contribution in [1.29, 1.82) is 0 Å². The van der Waals surface area contributed by atoms with Crippen LogP contribution in [0.5, 0.6) is 5.75 Å². The number of phenolic OH excluding ortho intramolecular Hbond substituents is 1. The highest BCUT2D eigenvalue weighted by atomic mass is 19.1. The highest BCUT2D eigenvalue weighted by Gasteiger charge is 2.20. The van der Waals surface area contributed by atoms with E-state index in [0.29, 0.717) is 12.6 Å². The van der Waals surface area contributed by atoms with E-state index < -0.39 is 0 Å². The molecule has 1 saturated heterocycles. The van der Waals surface area contributed by atoms with Gasteiger partial charge in [0.05, 0.1) is 17.6 Å². The fourth-order valence-corrected chi connectivity index (χ4v) is 3.50. The van der Waals surface area contributed by atoms with Crippen molar-refractivity contribution in [2.24, 2.45) is 0 Å². The number of likely N-dealkylation sites (tertiary alicyclic amines) is 1. The molecule has 1 fully saturated rings. The number of anilines is 1. The van der Waals surface area contributed by atoms with Gasteiger partial charge in [-0.1, -0.05) is 12.1 Å². The summed E-state index contributed by atoms with van der Waals surface area (Å²) in [5, 5.41) is 13.4. The first-order chi connectivity index (χ1) is 12.6. The van der Waals surface area contributed by atoms with Gasteiger partial charge < -0.3 is 19.9 Å². The van der Waals surface area contributed by atoms with E-state index in [0.717, 1.165) is 48.5 Å². The summed E-state index contributed by atoms with van der Waals surface area (Å²) in [7, 11) is 2.14. The lowest BCUT2D eigenvalue weighted by Crippen LogP contribution is -2.37. The van der Waals surface area contributed by atoms with Crippen LogP contribution in [0, 0.1) is 5.82 Å². The highest BCUT2D eigenvalue weighted by molar-refractivity contribution is 5.80. The van der Waals surface area contributed by atoms with Crippen molar-refractivity contribution < 1.29 is 9.50 Å². The molecule has 2 N–H and O–H groups in total. The molecule has 2 aromatic carbocycles. The number of piperidine rings is 1. The molecule has 5 nitrogen and oxygen atoms in total. The summed E-state index contributed by atoms with van der Waals surface area (Å²) in [6, 6.07) is 12.1. The topological polar surface area (TPSA) is 53.3 Å². The van der Waals surface area contributed by atoms with Gasteiger partial charge in [0.1, 0.15) is 11.6 Å². The first kappa shape index (κ1) is 16.8. The summed E-state index contributed by atoms with van der Waals surface area (Å²) in [5.41, 5.74) is 2.70. The predicted octanol–water partition coefficient (Wildman–Crippen LogP) is 3.44. The maximum Gasteiger partial charge on any atom is 0.204 e. The van der Waals surface area contributed by atoms with Crippen molar-refractivity contribution in [3.63, 3.8) is 0 Å². The van der Waals surface area contributed by atoms with Gasteiger partial charge in [-0.25, -0.2) is 9.37 Å². The average Bonchev–Trinajstić information content (AvgIpc) is 2.95. The normalized spacial score (nSPS) is 16.2. The Morgan fingerprint density at radius 3 is 2.62 bits per heavy atom. The second kappa shape index (κ2) is 6.96. The lowest BCUT2D eigenvalue weighted by atomic mass is 10.1. The van der Waals surface area contributed by atoms with Crippen molar-refractivity contribution in [1.82, 2.24) is 14.5 Å². The van der Waals surface area contributed by atoms with Crippen molar-refractivity contribution in [3.8, 4) is 5.75 Å². The van der Waals surface area contributed by atoms with Crippen LogP contribution >= 0.6 is 0 Å². The van der Waals surface area contributed by atoms with E-state index >= 15 is 0 Å². The molecule has 6 heteroatoms. The van der Waals surface area contributed by atoms with E-state index in [4.69, 9.17) is 4.98 Å². The number of hydrogen-bond donors (Lipinski definition) is 2. The van der Waals surface area contributed by atoms with Crippen LogP contribution in [0.1, 0.15) is 18.4 Å². The Balaban J connectivity index is 1.67. The minimum atomic E-state index is -0.237. The molecular formula is C20H23FN4O. The molecule has 1 aliphatic heterocycles. The van der Waals surface area contributed by atoms with E-state index in [-0.39, 0.29) is 11.6 Å². The fourth-order valence-electron chi connectivity index (χ4n) is 3.50. The van der Waals surface area contributed by atoms with Crippen LogP contribution in [-0.2, 0) is 6.54 Å². The van der Waals surface area contributed by atoms with Gasteiger partial charge in [0.25, 0.3) is 0 Å². The molecule has 0 atom stereocenters. The van der Waals surface area contributed by atoms with E-state index in [2.05, 4.69) is 21.8 Å². The van der Waals surface area contributed by atoms with Crippen LogP contribution in [0.25, 0.3) is 11.0 Å². The third-order valence-electron chi connectivity index (χ3n) is 5.04. The number of fused-ring (bicyclic) bond motifs is 1. The summed E-state index contributed by atoms with van der Waals surface area (Å²) in [6.07, 6.45) is 2.14. The minimum absolute atomic E-state index is 0.203. The number of rotatable bonds is 4. The SMILES string of the molecule is CN1CCC(Nc2nc3cc(O)ccc3n2Cc2ccc(F)cc2)CC1. The van der Waals surface area contributed by atoms with Crippen LogP contribution in [0.4, 0.5) is 10.3 Å². The van der Waals surface area contributed by atoms with Gasteiger partial charge in [0.2, 0.25) is 5.95 Å². The van der Waals surface area contributed by atoms with Crippen LogP contribution in [0.2, 0.25) is 0 Å². The molecule has 3 aromatic rings. The molecule has 26 heavy (non-hydrogen) atoms. The number of nitrogens with zero attached hydrogens (tertiary/aromatic N) is 3. The number of aromatic nitrogens is 2. The van der Waals surface area contributed by atoms with Gasteiger partial charge in [-0.3, -0.25) is 0 Å². The highest BCUT2D eigenvalue weighted by Crippen LogP contribution is 2.26. The molecule has 136 valence electrons. The van der Waals surface area contributed by atoms with E-state index in [1.165, 1.54) is 12.1 Å². The van der Waals surface area contributed by atoms with Gasteiger partial charge in [0, 0.05) is 12.1 Å². The molecule has 2 heterocycles. The van der Waals surface area contributed by atoms with E-state index in [1.807, 2.05) is 6.07 Å². The zero-order chi connectivity index (χ0) is 18.1. The summed E-state index contributed by atoms with van der Waals surface area (Å²) >= 11 is 0. The number of hydrogen-bond acceptors (Lipinski definition) is 4. The molecule has 0 saturated carbocycles. The van der Waals surface area contributed by atoms with Gasteiger partial charge in [0.15, 0.2) is 0 Å². The number of imidazole rings is 1. The van der Waals surface area contributed by atoms with Gasteiger partial charge in [-0.05, 0) is 62.8 Å². The zero-order valence-electron chi connectivity index (χ0n) is 14.8. The Hall–Kier alpha value is -2.60. The lowest BCUT2D eigenvalue weighted by molar-refractivity contribution is 0.263. The molecule has 0 spiro atoms. The predicted molar refractivity (Wildman–Crippen MR) is 101 cm³/mol. The Bertz CT molecular complexity index is 898. The summed E-state index contributed by atoms with van der Waals surface area (Å²) in [5.74, 6) is 0.762. The Kier molecular flexibility index (Phi) is 4.51. The molecule has 4 rings (SSSR count). The molecule has 0 bridgehead atoms. The van der Waals surface area contributed by atoms with Crippen molar-refractivity contribution in [3.05, 3.63) is 53.8 Å². The summed E-state index contributed by atoms with van der Waals surface area (Å²) in [6.45, 7) is 2.73. The Morgan fingerprint density at radius 2 is 1.88 bits per heavy atom. The van der Waals surface area contributed by atoms with Crippen LogP contribution in [-0.4, -0.2) is 45.7 Å². The van der Waals surface area contributed by atoms with Crippen LogP contribution in [0.15, 0.2) is 42.5 Å². The molecule has 1 aromatic heterocycles. The Labute approximate surface area is 152 Å². The minimum Gasteiger partial charge on any atom is -0.508 e. The second-order valence-corrected chi connectivity index (χ2v) is 7.04. The first-order valence-electron chi connectivity index (χ1n) is 8.97. The van der Waals surface area contributed by atoms with Crippen molar-refractivity contribution >= 4 is 17.0 Å². The second-order valence-electron chi connectivity index (χ2n) is 7.04. The number of phenols is 1. The van der Waals surface area contributed by atoms with Crippen LogP contribution < -0.4 is 5.32 Å². The zero-order valence-corrected chi connectivity index (χ0v) is 14.8. The first-order valence-corrected chi connectivity index (χ1v) is 8.97. The monoisotopic (exact) mass is 354 g/mol. The van der Waals surface area contributed by atoms with Crippen LogP contribution in [0.3, 0.4) is 0 Å². The number of halogens is 1. The summed E-state index contributed by atoms with van der Waals surface area (Å²) in [4.78, 5) is 7.04. The quantitative estimate of drug-likeness (QED) is 0.754. The molecule has 0 amide bonds. The number of nitrogens with one attached hydrogen (secondary N) is 1. The third kappa shape index (κ3) is 3.51. The maximum absolute atomic E-state index is 13.2. The molecular weight excluding hydrogens is 331 g/mol. The largest absolute Gasteiger partial charge is 0.508 e. The number of benzene rings is 2. The standard InChI is InChI=1S/C20H23FN4O/c1-24-10-8-16(9-11-24)22-20-23-18-12-17(26)6-7-19(18)25(20)13-14-2-4-15(21)5-3-14/h2-7,12,16,26H,8-11,13H2,1H3,(H,22,23). The maximum atomic E-state index is 13.2. The third-order valence-corrected chi connectivity index (χ3v) is 5.04. The van der Waals surface area contributed by atoms with Gasteiger partial charge in [-0.15, -0.1) is 0 Å². The Morgan fingerprint density at radius 1 is 1.15 bits per heavy atom. The average molecular weight is 354 g/mol. The lowest BCUT2D eigenvalue weighted by Gasteiger charge is -2.29. The van der Waals surface area contributed by atoms with Gasteiger partial charge in [-0.2, -0.15) is 0 Å². The molecule has 0 aliphatic carbocycles. The van der Waals surface area contributed by atoms with Gasteiger partial charge >= 0.3 is 0 Å². The van der Waals surface area contributed by atoms with E-state index in [1.54, 1.807) is 24.3 Å². The smallest absolute Gasteiger partial charge is 0.204 e. The summed E-state index contributed by atoms with van der Waals surface area (Å²) < 4.78 is 15.3. The van der Waals surface area contributed by atoms with Crippen molar-refractivity contribution in [2.75, 3.05) is 25.5 Å². The van der Waals surface area contributed by atoms with E-state index in [9.17, 15) is 9.50 Å². The number of aromatic hydroxyl groups is 1. The molecule has 0 unspecified atom stereocenters. The molecule has 1 aliphatic rings. The molecule has 0 radical (unpaired) electrons. The van der Waals surface area contributed by atoms with Crippen molar-refractivity contribution in [2.45, 2.75) is 25.4 Å².